The molecule has 0 aliphatic carbocycles. The Kier molecular flexibility index (Phi) is 4.77. The van der Waals surface area contributed by atoms with Crippen LogP contribution in [-0.2, 0) is 0 Å². The third-order valence-electron chi connectivity index (χ3n) is 3.77. The van der Waals surface area contributed by atoms with Crippen molar-refractivity contribution in [1.29, 1.82) is 0 Å². The van der Waals surface area contributed by atoms with E-state index in [0.29, 0.717) is 17.4 Å². The van der Waals surface area contributed by atoms with Crippen molar-refractivity contribution < 1.29 is 4.74 Å². The van der Waals surface area contributed by atoms with E-state index in [4.69, 9.17) is 10.5 Å². The number of nitrogens with two attached hydrogens (primary N) is 1. The van der Waals surface area contributed by atoms with Crippen molar-refractivity contribution in [3.05, 3.63) is 18.2 Å². The van der Waals surface area contributed by atoms with Crippen LogP contribution in [0.15, 0.2) is 18.2 Å². The Morgan fingerprint density at radius 3 is 2.71 bits per heavy atom. The van der Waals surface area contributed by atoms with Crippen molar-refractivity contribution in [3.63, 3.8) is 0 Å². The summed E-state index contributed by atoms with van der Waals surface area (Å²) in [5.74, 6) is 2.05. The normalized spacial score (nSPS) is 13.9. The number of benzene rings is 1. The van der Waals surface area contributed by atoms with Crippen molar-refractivity contribution >= 4 is 5.69 Å². The van der Waals surface area contributed by atoms with Crippen molar-refractivity contribution in [1.82, 2.24) is 20.2 Å². The van der Waals surface area contributed by atoms with Gasteiger partial charge in [0.15, 0.2) is 5.82 Å². The molecule has 0 spiro atoms. The molecular formula is C15H23N5O. The predicted octanol–water partition coefficient (Wildman–Crippen LogP) is 2.93. The molecule has 2 unspecified atom stereocenters. The van der Waals surface area contributed by atoms with E-state index in [2.05, 4.69) is 36.3 Å². The zero-order chi connectivity index (χ0) is 15.4. The first-order valence-electron chi connectivity index (χ1n) is 7.28. The standard InChI is InChI=1S/C15H23N5O/c1-5-10(2)6-11(3)20-15(17-18-19-20)12-7-13(16)9-14(8-12)21-4/h7-11H,5-6,16H2,1-4H3. The van der Waals surface area contributed by atoms with Gasteiger partial charge in [0, 0.05) is 17.3 Å². The average molecular weight is 289 g/mol. The van der Waals surface area contributed by atoms with Gasteiger partial charge in [0.2, 0.25) is 0 Å². The van der Waals surface area contributed by atoms with Crippen molar-refractivity contribution in [2.45, 2.75) is 39.7 Å². The lowest BCUT2D eigenvalue weighted by atomic mass is 10.0. The second-order valence-electron chi connectivity index (χ2n) is 5.54. The van der Waals surface area contributed by atoms with Crippen LogP contribution in [0.3, 0.4) is 0 Å². The van der Waals surface area contributed by atoms with E-state index < -0.39 is 0 Å². The number of nitrogen functional groups attached to an aromatic ring is 1. The first-order chi connectivity index (χ1) is 10.0. The van der Waals surface area contributed by atoms with Gasteiger partial charge in [-0.15, -0.1) is 5.10 Å². The first-order valence-corrected chi connectivity index (χ1v) is 7.28. The molecule has 0 saturated heterocycles. The number of ether oxygens (including phenoxy) is 1. The van der Waals surface area contributed by atoms with Gasteiger partial charge in [-0.25, -0.2) is 4.68 Å². The summed E-state index contributed by atoms with van der Waals surface area (Å²) in [7, 11) is 1.62. The molecule has 114 valence electrons. The van der Waals surface area contributed by atoms with Gasteiger partial charge in [-0.3, -0.25) is 0 Å². The zero-order valence-corrected chi connectivity index (χ0v) is 13.1. The van der Waals surface area contributed by atoms with Crippen LogP contribution in [0.25, 0.3) is 11.4 Å². The van der Waals surface area contributed by atoms with Crippen LogP contribution in [0, 0.1) is 5.92 Å². The minimum absolute atomic E-state index is 0.234. The van der Waals surface area contributed by atoms with Gasteiger partial charge >= 0.3 is 0 Å². The summed E-state index contributed by atoms with van der Waals surface area (Å²) in [6, 6.07) is 5.77. The molecule has 0 bridgehead atoms. The van der Waals surface area contributed by atoms with E-state index in [1.807, 2.05) is 16.8 Å². The van der Waals surface area contributed by atoms with Gasteiger partial charge in [-0.2, -0.15) is 0 Å². The lowest BCUT2D eigenvalue weighted by Crippen LogP contribution is -2.12. The van der Waals surface area contributed by atoms with Gasteiger partial charge in [-0.05, 0) is 41.8 Å². The predicted molar refractivity (Wildman–Crippen MR) is 83.0 cm³/mol. The summed E-state index contributed by atoms with van der Waals surface area (Å²) in [6.45, 7) is 6.57. The molecule has 0 fully saturated rings. The molecule has 1 aromatic carbocycles. The van der Waals surface area contributed by atoms with E-state index in [9.17, 15) is 0 Å². The minimum atomic E-state index is 0.234. The van der Waals surface area contributed by atoms with Crippen LogP contribution in [-0.4, -0.2) is 27.3 Å². The summed E-state index contributed by atoms with van der Waals surface area (Å²) < 4.78 is 7.12. The molecule has 2 N–H and O–H groups in total. The Morgan fingerprint density at radius 2 is 2.05 bits per heavy atom. The maximum Gasteiger partial charge on any atom is 0.182 e. The molecule has 1 aromatic heterocycles. The Labute approximate surface area is 125 Å². The van der Waals surface area contributed by atoms with Gasteiger partial charge in [0.25, 0.3) is 0 Å². The van der Waals surface area contributed by atoms with Crippen LogP contribution in [0.5, 0.6) is 5.75 Å². The maximum atomic E-state index is 5.91. The number of methoxy groups -OCH3 is 1. The summed E-state index contributed by atoms with van der Waals surface area (Å²) in [6.07, 6.45) is 2.18. The Morgan fingerprint density at radius 1 is 1.29 bits per heavy atom. The second kappa shape index (κ2) is 6.56. The highest BCUT2D eigenvalue weighted by Gasteiger charge is 2.17. The Balaban J connectivity index is 2.34. The number of hydrogen-bond acceptors (Lipinski definition) is 5. The third kappa shape index (κ3) is 3.51. The quantitative estimate of drug-likeness (QED) is 0.827. The lowest BCUT2D eigenvalue weighted by molar-refractivity contribution is 0.371. The van der Waals surface area contributed by atoms with Crippen molar-refractivity contribution in [2.24, 2.45) is 5.92 Å². The monoisotopic (exact) mass is 289 g/mol. The number of nitrogens with zero attached hydrogens (tertiary/aromatic N) is 4. The van der Waals surface area contributed by atoms with Crippen molar-refractivity contribution in [2.75, 3.05) is 12.8 Å². The van der Waals surface area contributed by atoms with Crippen LogP contribution >= 0.6 is 0 Å². The summed E-state index contributed by atoms with van der Waals surface area (Å²) in [5.41, 5.74) is 7.41. The fourth-order valence-corrected chi connectivity index (χ4v) is 2.40. The van der Waals surface area contributed by atoms with Crippen LogP contribution in [0.4, 0.5) is 5.69 Å². The van der Waals surface area contributed by atoms with E-state index >= 15 is 0 Å². The topological polar surface area (TPSA) is 78.9 Å². The maximum absolute atomic E-state index is 5.91. The molecule has 6 nitrogen and oxygen atoms in total. The largest absolute Gasteiger partial charge is 0.497 e. The molecule has 0 amide bonds. The van der Waals surface area contributed by atoms with E-state index in [1.165, 1.54) is 0 Å². The van der Waals surface area contributed by atoms with Gasteiger partial charge in [0.1, 0.15) is 5.75 Å². The molecule has 2 rings (SSSR count). The molecular weight excluding hydrogens is 266 g/mol. The summed E-state index contributed by atoms with van der Waals surface area (Å²) in [4.78, 5) is 0. The van der Waals surface area contributed by atoms with Crippen LogP contribution in [0.1, 0.15) is 39.7 Å². The zero-order valence-electron chi connectivity index (χ0n) is 13.1. The van der Waals surface area contributed by atoms with Crippen LogP contribution in [0.2, 0.25) is 0 Å². The summed E-state index contributed by atoms with van der Waals surface area (Å²) >= 11 is 0. The van der Waals surface area contributed by atoms with Gasteiger partial charge in [0.05, 0.1) is 13.2 Å². The fraction of sp³-hybridized carbons (Fsp3) is 0.533. The minimum Gasteiger partial charge on any atom is -0.497 e. The number of aromatic nitrogens is 4. The number of rotatable bonds is 6. The third-order valence-corrected chi connectivity index (χ3v) is 3.77. The first kappa shape index (κ1) is 15.3. The molecule has 0 aliphatic rings. The molecule has 2 aromatic rings. The molecule has 21 heavy (non-hydrogen) atoms. The molecule has 0 aliphatic heterocycles. The number of anilines is 1. The highest BCUT2D eigenvalue weighted by molar-refractivity contribution is 5.64. The van der Waals surface area contributed by atoms with E-state index in [0.717, 1.165) is 24.2 Å². The molecule has 0 radical (unpaired) electrons. The van der Waals surface area contributed by atoms with E-state index in [1.54, 1.807) is 13.2 Å². The number of tetrazole rings is 1. The smallest absolute Gasteiger partial charge is 0.182 e. The highest BCUT2D eigenvalue weighted by atomic mass is 16.5. The molecule has 1 heterocycles. The Bertz CT molecular complexity index is 595. The SMILES string of the molecule is CCC(C)CC(C)n1nnnc1-c1cc(N)cc(OC)c1. The summed E-state index contributed by atoms with van der Waals surface area (Å²) in [5, 5.41) is 12.1. The van der Waals surface area contributed by atoms with Crippen molar-refractivity contribution in [3.8, 4) is 17.1 Å². The highest BCUT2D eigenvalue weighted by Crippen LogP contribution is 2.28. The molecule has 2 atom stereocenters. The van der Waals surface area contributed by atoms with E-state index in [-0.39, 0.29) is 6.04 Å². The van der Waals surface area contributed by atoms with Gasteiger partial charge in [-0.1, -0.05) is 20.3 Å². The molecule has 0 saturated carbocycles. The number of hydrogen-bond donors (Lipinski definition) is 1. The van der Waals surface area contributed by atoms with Gasteiger partial charge < -0.3 is 10.5 Å². The fourth-order valence-electron chi connectivity index (χ4n) is 2.40. The second-order valence-corrected chi connectivity index (χ2v) is 5.54. The average Bonchev–Trinajstić information content (AvgIpc) is 2.95. The molecule has 6 heteroatoms. The van der Waals surface area contributed by atoms with Crippen LogP contribution < -0.4 is 10.5 Å². The lowest BCUT2D eigenvalue weighted by Gasteiger charge is -2.17. The Hall–Kier alpha value is -2.11.